The van der Waals surface area contributed by atoms with Crippen LogP contribution in [-0.2, 0) is 20.8 Å². The third-order valence-corrected chi connectivity index (χ3v) is 3.78. The van der Waals surface area contributed by atoms with E-state index in [0.29, 0.717) is 18.6 Å². The summed E-state index contributed by atoms with van der Waals surface area (Å²) in [6.45, 7) is 3.05. The van der Waals surface area contributed by atoms with Crippen molar-refractivity contribution < 1.29 is 19.1 Å². The lowest BCUT2D eigenvalue weighted by atomic mass is 10.2. The summed E-state index contributed by atoms with van der Waals surface area (Å²) in [6, 6.07) is 7.80. The third kappa shape index (κ3) is 4.34. The Bertz CT molecular complexity index is 675. The summed E-state index contributed by atoms with van der Waals surface area (Å²) in [5, 5.41) is 0.908. The predicted molar refractivity (Wildman–Crippen MR) is 88.4 cm³/mol. The Morgan fingerprint density at radius 3 is 2.65 bits per heavy atom. The molecular weight excluding hydrogens is 294 g/mol. The van der Waals surface area contributed by atoms with Crippen LogP contribution in [0.4, 0.5) is 0 Å². The Kier molecular flexibility index (Phi) is 6.20. The molecule has 0 amide bonds. The highest BCUT2D eigenvalue weighted by Crippen LogP contribution is 2.22. The topological polar surface area (TPSA) is 57.5 Å². The van der Waals surface area contributed by atoms with E-state index in [9.17, 15) is 9.59 Å². The first-order valence-electron chi connectivity index (χ1n) is 7.99. The van der Waals surface area contributed by atoms with E-state index in [1.807, 2.05) is 37.4 Å². The normalized spacial score (nSPS) is 10.7. The van der Waals surface area contributed by atoms with Gasteiger partial charge >= 0.3 is 11.9 Å². The lowest BCUT2D eigenvalue weighted by Crippen LogP contribution is -2.04. The Morgan fingerprint density at radius 1 is 1.13 bits per heavy atom. The van der Waals surface area contributed by atoms with E-state index in [-0.39, 0.29) is 11.9 Å². The number of esters is 2. The summed E-state index contributed by atoms with van der Waals surface area (Å²) in [4.78, 5) is 23.2. The molecule has 0 saturated heterocycles. The average molecular weight is 317 g/mol. The smallest absolute Gasteiger partial charge is 0.340 e. The van der Waals surface area contributed by atoms with Gasteiger partial charge in [0.25, 0.3) is 0 Å². The van der Waals surface area contributed by atoms with Crippen molar-refractivity contribution >= 4 is 22.8 Å². The number of nitrogens with zero attached hydrogens (tertiary/aromatic N) is 1. The molecule has 0 saturated carbocycles. The molecule has 0 atom stereocenters. The van der Waals surface area contributed by atoms with Crippen LogP contribution in [0.15, 0.2) is 30.5 Å². The largest absolute Gasteiger partial charge is 0.466 e. The number of hydrogen-bond acceptors (Lipinski definition) is 4. The molecule has 2 rings (SSSR count). The van der Waals surface area contributed by atoms with Crippen LogP contribution in [0, 0.1) is 0 Å². The van der Waals surface area contributed by atoms with Crippen LogP contribution in [0.5, 0.6) is 0 Å². The van der Waals surface area contributed by atoms with Crippen LogP contribution >= 0.6 is 0 Å². The molecule has 0 N–H and O–H groups in total. The number of unbranched alkanes of at least 4 members (excludes halogenated alkanes) is 2. The molecule has 23 heavy (non-hydrogen) atoms. The molecule has 1 heterocycles. The Labute approximate surface area is 136 Å². The number of rotatable bonds is 8. The lowest BCUT2D eigenvalue weighted by molar-refractivity contribution is -0.143. The second-order valence-electron chi connectivity index (χ2n) is 5.36. The van der Waals surface area contributed by atoms with Crippen LogP contribution in [0.1, 0.15) is 43.0 Å². The van der Waals surface area contributed by atoms with Crippen molar-refractivity contribution in [1.29, 1.82) is 0 Å². The number of carbonyl (C=O) groups is 2. The molecule has 5 nitrogen and oxygen atoms in total. The minimum Gasteiger partial charge on any atom is -0.466 e. The molecular formula is C18H23NO4. The summed E-state index contributed by atoms with van der Waals surface area (Å²) in [5.41, 5.74) is 1.62. The molecule has 0 aliphatic carbocycles. The molecule has 124 valence electrons. The fourth-order valence-corrected chi connectivity index (χ4v) is 2.67. The van der Waals surface area contributed by atoms with Crippen molar-refractivity contribution in [3.05, 3.63) is 36.0 Å². The van der Waals surface area contributed by atoms with Gasteiger partial charge in [-0.15, -0.1) is 0 Å². The maximum Gasteiger partial charge on any atom is 0.340 e. The zero-order chi connectivity index (χ0) is 16.7. The second kappa shape index (κ2) is 8.36. The van der Waals surface area contributed by atoms with Gasteiger partial charge in [-0.3, -0.25) is 4.79 Å². The highest BCUT2D eigenvalue weighted by atomic mass is 16.5. The van der Waals surface area contributed by atoms with Gasteiger partial charge in [-0.2, -0.15) is 0 Å². The first kappa shape index (κ1) is 17.1. The molecule has 1 aromatic carbocycles. The number of aryl methyl sites for hydroxylation is 1. The summed E-state index contributed by atoms with van der Waals surface area (Å²) < 4.78 is 11.8. The van der Waals surface area contributed by atoms with Gasteiger partial charge < -0.3 is 14.0 Å². The number of benzene rings is 1. The number of fused-ring (bicyclic) bond motifs is 1. The minimum atomic E-state index is -0.317. The molecule has 0 bridgehead atoms. The highest BCUT2D eigenvalue weighted by Gasteiger charge is 2.14. The van der Waals surface area contributed by atoms with Crippen LogP contribution in [-0.4, -0.2) is 30.2 Å². The summed E-state index contributed by atoms with van der Waals surface area (Å²) in [7, 11) is 1.39. The van der Waals surface area contributed by atoms with Gasteiger partial charge in [0.15, 0.2) is 0 Å². The van der Waals surface area contributed by atoms with Crippen molar-refractivity contribution in [2.45, 2.75) is 39.2 Å². The van der Waals surface area contributed by atoms with Gasteiger partial charge in [0.1, 0.15) is 0 Å². The predicted octanol–water partition coefficient (Wildman–Crippen LogP) is 3.55. The van der Waals surface area contributed by atoms with Crippen molar-refractivity contribution in [2.75, 3.05) is 13.7 Å². The van der Waals surface area contributed by atoms with Gasteiger partial charge in [-0.1, -0.05) is 24.6 Å². The zero-order valence-corrected chi connectivity index (χ0v) is 13.7. The summed E-state index contributed by atoms with van der Waals surface area (Å²) in [5.74, 6) is -0.450. The van der Waals surface area contributed by atoms with E-state index in [4.69, 9.17) is 9.47 Å². The molecule has 2 aromatic rings. The fourth-order valence-electron chi connectivity index (χ4n) is 2.67. The van der Waals surface area contributed by atoms with Gasteiger partial charge in [-0.05, 0) is 25.8 Å². The number of carbonyl (C=O) groups excluding carboxylic acids is 2. The van der Waals surface area contributed by atoms with Crippen LogP contribution in [0.25, 0.3) is 10.9 Å². The van der Waals surface area contributed by atoms with Crippen molar-refractivity contribution in [3.8, 4) is 0 Å². The van der Waals surface area contributed by atoms with E-state index < -0.39 is 0 Å². The molecule has 5 heteroatoms. The van der Waals surface area contributed by atoms with Crippen LogP contribution < -0.4 is 0 Å². The van der Waals surface area contributed by atoms with Gasteiger partial charge in [-0.25, -0.2) is 4.79 Å². The number of hydrogen-bond donors (Lipinski definition) is 0. The molecule has 0 aliphatic rings. The SMILES string of the molecule is CCOC(=O)CCCCCn1cc(C(=O)OC)c2ccccc21. The number of para-hydroxylation sites is 1. The standard InChI is InChI=1S/C18H23NO4/c1-3-23-17(20)11-5-4-8-12-19-13-15(18(21)22-2)14-9-6-7-10-16(14)19/h6-7,9-10,13H,3-5,8,11-12H2,1-2H3. The molecule has 0 fully saturated rings. The molecule has 0 aliphatic heterocycles. The molecule has 0 spiro atoms. The fraction of sp³-hybridized carbons (Fsp3) is 0.444. The maximum absolute atomic E-state index is 11.9. The van der Waals surface area contributed by atoms with Gasteiger partial charge in [0, 0.05) is 30.1 Å². The molecule has 0 radical (unpaired) electrons. The van der Waals surface area contributed by atoms with E-state index >= 15 is 0 Å². The third-order valence-electron chi connectivity index (χ3n) is 3.78. The average Bonchev–Trinajstić information content (AvgIpc) is 2.93. The Balaban J connectivity index is 1.95. The van der Waals surface area contributed by atoms with E-state index in [0.717, 1.165) is 36.7 Å². The van der Waals surface area contributed by atoms with Crippen molar-refractivity contribution in [2.24, 2.45) is 0 Å². The van der Waals surface area contributed by atoms with E-state index in [2.05, 4.69) is 4.57 Å². The number of ether oxygens (including phenoxy) is 2. The number of aromatic nitrogens is 1. The molecule has 1 aromatic heterocycles. The quantitative estimate of drug-likeness (QED) is 0.552. The van der Waals surface area contributed by atoms with Crippen LogP contribution in [0.3, 0.4) is 0 Å². The summed E-state index contributed by atoms with van der Waals surface area (Å²) >= 11 is 0. The Hall–Kier alpha value is -2.30. The van der Waals surface area contributed by atoms with Crippen LogP contribution in [0.2, 0.25) is 0 Å². The highest BCUT2D eigenvalue weighted by molar-refractivity contribution is 6.04. The van der Waals surface area contributed by atoms with Crippen molar-refractivity contribution in [1.82, 2.24) is 4.57 Å². The first-order valence-corrected chi connectivity index (χ1v) is 7.99. The van der Waals surface area contributed by atoms with E-state index in [1.165, 1.54) is 7.11 Å². The lowest BCUT2D eigenvalue weighted by Gasteiger charge is -2.05. The minimum absolute atomic E-state index is 0.133. The van der Waals surface area contributed by atoms with E-state index in [1.54, 1.807) is 0 Å². The molecule has 0 unspecified atom stereocenters. The van der Waals surface area contributed by atoms with Gasteiger partial charge in [0.2, 0.25) is 0 Å². The van der Waals surface area contributed by atoms with Crippen molar-refractivity contribution in [3.63, 3.8) is 0 Å². The monoisotopic (exact) mass is 317 g/mol. The second-order valence-corrected chi connectivity index (χ2v) is 5.36. The first-order chi connectivity index (χ1) is 11.2. The number of methoxy groups -OCH3 is 1. The Morgan fingerprint density at radius 2 is 1.91 bits per heavy atom. The maximum atomic E-state index is 11.9. The zero-order valence-electron chi connectivity index (χ0n) is 13.7. The summed E-state index contributed by atoms with van der Waals surface area (Å²) in [6.07, 6.45) is 5.02. The van der Waals surface area contributed by atoms with Gasteiger partial charge in [0.05, 0.1) is 19.3 Å².